The van der Waals surface area contributed by atoms with Gasteiger partial charge in [-0.2, -0.15) is 0 Å². The van der Waals surface area contributed by atoms with Crippen LogP contribution in [0.25, 0.3) is 22.1 Å². The molecule has 0 bridgehead atoms. The average Bonchev–Trinajstić information content (AvgIpc) is 3.09. The summed E-state index contributed by atoms with van der Waals surface area (Å²) in [5.74, 6) is -0.0881. The molecular weight excluding hydrogens is 348 g/mol. The Morgan fingerprint density at radius 1 is 1.04 bits per heavy atom. The molecule has 0 fully saturated rings. The number of esters is 1. The summed E-state index contributed by atoms with van der Waals surface area (Å²) in [6.07, 6.45) is 1.44. The van der Waals surface area contributed by atoms with Crippen molar-refractivity contribution in [2.75, 3.05) is 0 Å². The second-order valence-electron chi connectivity index (χ2n) is 5.80. The van der Waals surface area contributed by atoms with E-state index in [1.807, 2.05) is 43.3 Å². The Kier molecular flexibility index (Phi) is 4.14. The molecule has 2 heterocycles. The lowest BCUT2D eigenvalue weighted by atomic mass is 10.1. The van der Waals surface area contributed by atoms with Crippen molar-refractivity contribution < 1.29 is 13.9 Å². The van der Waals surface area contributed by atoms with Crippen molar-refractivity contribution in [3.8, 4) is 16.9 Å². The third-order valence-corrected chi connectivity index (χ3v) is 4.96. The van der Waals surface area contributed by atoms with Crippen LogP contribution in [0.2, 0.25) is 0 Å². The van der Waals surface area contributed by atoms with Gasteiger partial charge in [0.25, 0.3) is 0 Å². The molecule has 0 aliphatic heterocycles. The molecule has 0 saturated carbocycles. The minimum atomic E-state index is -0.425. The summed E-state index contributed by atoms with van der Waals surface area (Å²) >= 11 is 1.37. The van der Waals surface area contributed by atoms with Crippen molar-refractivity contribution in [2.24, 2.45) is 0 Å². The topological polar surface area (TPSA) is 56.5 Å². The van der Waals surface area contributed by atoms with Crippen molar-refractivity contribution >= 4 is 28.3 Å². The highest BCUT2D eigenvalue weighted by atomic mass is 32.1. The monoisotopic (exact) mass is 362 g/mol. The predicted molar refractivity (Wildman–Crippen MR) is 102 cm³/mol. The molecule has 0 aliphatic carbocycles. The van der Waals surface area contributed by atoms with Crippen molar-refractivity contribution in [1.29, 1.82) is 0 Å². The molecule has 128 valence electrons. The Morgan fingerprint density at radius 2 is 1.85 bits per heavy atom. The highest BCUT2D eigenvalue weighted by Gasteiger charge is 2.13. The molecule has 0 N–H and O–H groups in total. The van der Waals surface area contributed by atoms with Gasteiger partial charge in [-0.15, -0.1) is 11.3 Å². The molecule has 0 saturated heterocycles. The molecule has 2 aromatic heterocycles. The van der Waals surface area contributed by atoms with Crippen LogP contribution in [0.4, 0.5) is 0 Å². The van der Waals surface area contributed by atoms with Gasteiger partial charge in [0, 0.05) is 10.9 Å². The third-order valence-electron chi connectivity index (χ3n) is 3.98. The number of hydrogen-bond acceptors (Lipinski definition) is 5. The number of fused-ring (bicyclic) bond motifs is 1. The van der Waals surface area contributed by atoms with Crippen LogP contribution in [0.15, 0.2) is 76.1 Å². The number of rotatable bonds is 3. The van der Waals surface area contributed by atoms with Crippen molar-refractivity contribution in [1.82, 2.24) is 0 Å². The zero-order chi connectivity index (χ0) is 18.1. The summed E-state index contributed by atoms with van der Waals surface area (Å²) in [5, 5.41) is 0.443. The summed E-state index contributed by atoms with van der Waals surface area (Å²) in [5.41, 5.74) is 1.55. The molecule has 0 unspecified atom stereocenters. The summed E-state index contributed by atoms with van der Waals surface area (Å²) < 4.78 is 11.0. The van der Waals surface area contributed by atoms with Crippen LogP contribution in [0.1, 0.15) is 14.5 Å². The Morgan fingerprint density at radius 3 is 2.58 bits per heavy atom. The molecule has 4 rings (SSSR count). The summed E-state index contributed by atoms with van der Waals surface area (Å²) in [6.45, 7) is 1.93. The Labute approximate surface area is 153 Å². The van der Waals surface area contributed by atoms with Crippen LogP contribution >= 0.6 is 11.3 Å². The molecule has 0 spiro atoms. The number of benzene rings is 2. The maximum absolute atomic E-state index is 12.7. The fourth-order valence-corrected chi connectivity index (χ4v) is 3.43. The predicted octanol–water partition coefficient (Wildman–Crippen LogP) is 5.05. The van der Waals surface area contributed by atoms with Crippen LogP contribution in [-0.4, -0.2) is 5.97 Å². The fourth-order valence-electron chi connectivity index (χ4n) is 2.69. The minimum absolute atomic E-state index is 0.121. The smallest absolute Gasteiger partial charge is 0.353 e. The van der Waals surface area contributed by atoms with Crippen LogP contribution in [0, 0.1) is 6.92 Å². The highest BCUT2D eigenvalue weighted by Crippen LogP contribution is 2.24. The van der Waals surface area contributed by atoms with Gasteiger partial charge in [0.1, 0.15) is 22.5 Å². The molecule has 26 heavy (non-hydrogen) atoms. The van der Waals surface area contributed by atoms with E-state index in [0.717, 1.165) is 10.4 Å². The zero-order valence-electron chi connectivity index (χ0n) is 13.9. The van der Waals surface area contributed by atoms with E-state index in [-0.39, 0.29) is 5.43 Å². The van der Waals surface area contributed by atoms with E-state index in [1.165, 1.54) is 17.6 Å². The number of thiophene rings is 1. The maximum Gasteiger partial charge on any atom is 0.353 e. The van der Waals surface area contributed by atoms with E-state index in [4.69, 9.17) is 9.15 Å². The molecule has 4 nitrogen and oxygen atoms in total. The van der Waals surface area contributed by atoms with Crippen LogP contribution in [0.5, 0.6) is 5.75 Å². The third kappa shape index (κ3) is 3.05. The number of carbonyl (C=O) groups excluding carboxylic acids is 1. The molecule has 4 aromatic rings. The van der Waals surface area contributed by atoms with Gasteiger partial charge in [-0.05, 0) is 36.8 Å². The second kappa shape index (κ2) is 6.61. The van der Waals surface area contributed by atoms with Gasteiger partial charge in [-0.1, -0.05) is 30.3 Å². The van der Waals surface area contributed by atoms with Crippen molar-refractivity contribution in [2.45, 2.75) is 6.92 Å². The lowest BCUT2D eigenvalue weighted by molar-refractivity contribution is 0.0740. The van der Waals surface area contributed by atoms with E-state index in [1.54, 1.807) is 24.3 Å². The van der Waals surface area contributed by atoms with Gasteiger partial charge in [-0.3, -0.25) is 4.79 Å². The molecule has 0 atom stereocenters. The first kappa shape index (κ1) is 16.3. The normalized spacial score (nSPS) is 10.8. The van der Waals surface area contributed by atoms with E-state index in [0.29, 0.717) is 27.2 Å². The number of hydrogen-bond donors (Lipinski definition) is 0. The van der Waals surface area contributed by atoms with Gasteiger partial charge >= 0.3 is 5.97 Å². The van der Waals surface area contributed by atoms with Crippen LogP contribution < -0.4 is 10.2 Å². The molecule has 5 heteroatoms. The number of ether oxygens (including phenoxy) is 1. The van der Waals surface area contributed by atoms with Crippen molar-refractivity contribution in [3.63, 3.8) is 0 Å². The van der Waals surface area contributed by atoms with Gasteiger partial charge < -0.3 is 9.15 Å². The lowest BCUT2D eigenvalue weighted by Gasteiger charge is -2.05. The first-order chi connectivity index (χ1) is 12.6. The Hall–Kier alpha value is -3.18. The van der Waals surface area contributed by atoms with Crippen LogP contribution in [-0.2, 0) is 0 Å². The van der Waals surface area contributed by atoms with Crippen LogP contribution in [0.3, 0.4) is 0 Å². The number of carbonyl (C=O) groups is 1. The molecule has 0 radical (unpaired) electrons. The largest absolute Gasteiger partial charge is 0.463 e. The average molecular weight is 362 g/mol. The minimum Gasteiger partial charge on any atom is -0.463 e. The fraction of sp³-hybridized carbons (Fsp3) is 0.0476. The Bertz CT molecular complexity index is 1160. The summed E-state index contributed by atoms with van der Waals surface area (Å²) in [7, 11) is 0. The SMILES string of the molecule is Cc1ccc(C(=O)Oc2ccc3c(=O)c(-c4ccccc4)coc3c2)s1. The van der Waals surface area contributed by atoms with Gasteiger partial charge in [0.15, 0.2) is 5.43 Å². The maximum atomic E-state index is 12.7. The summed E-state index contributed by atoms with van der Waals surface area (Å²) in [6, 6.07) is 17.7. The standard InChI is InChI=1S/C21H14O4S/c1-13-7-10-19(26-13)21(23)25-15-8-9-16-18(11-15)24-12-17(20(16)22)14-5-3-2-4-6-14/h2-12H,1H3. The van der Waals surface area contributed by atoms with Crippen molar-refractivity contribution in [3.05, 3.63) is 86.9 Å². The first-order valence-corrected chi connectivity index (χ1v) is 8.83. The van der Waals surface area contributed by atoms with Gasteiger partial charge in [0.2, 0.25) is 0 Å². The molecule has 0 amide bonds. The lowest BCUT2D eigenvalue weighted by Crippen LogP contribution is -2.07. The molecule has 0 aliphatic rings. The van der Waals surface area contributed by atoms with E-state index < -0.39 is 5.97 Å². The summed E-state index contributed by atoms with van der Waals surface area (Å²) in [4.78, 5) is 26.5. The van der Waals surface area contributed by atoms with E-state index in [2.05, 4.69) is 0 Å². The van der Waals surface area contributed by atoms with E-state index >= 15 is 0 Å². The number of aryl methyl sites for hydroxylation is 1. The van der Waals surface area contributed by atoms with Gasteiger partial charge in [-0.25, -0.2) is 4.79 Å². The Balaban J connectivity index is 1.68. The second-order valence-corrected chi connectivity index (χ2v) is 7.09. The highest BCUT2D eigenvalue weighted by molar-refractivity contribution is 7.13. The quantitative estimate of drug-likeness (QED) is 0.378. The first-order valence-electron chi connectivity index (χ1n) is 8.01. The molecule has 2 aromatic carbocycles. The van der Waals surface area contributed by atoms with E-state index in [9.17, 15) is 9.59 Å². The zero-order valence-corrected chi connectivity index (χ0v) is 14.7. The van der Waals surface area contributed by atoms with Gasteiger partial charge in [0.05, 0.1) is 10.9 Å². The molecular formula is C21H14O4S.